The summed E-state index contributed by atoms with van der Waals surface area (Å²) in [6.45, 7) is 8.03. The average molecular weight is 97.1 g/mol. The van der Waals surface area contributed by atoms with Crippen molar-refractivity contribution < 1.29 is 0 Å². The SMILES string of the molecule is C=N/N=C(/C)N=C. The lowest BCUT2D eigenvalue weighted by atomic mass is 10.7. The Hall–Kier alpha value is -0.990. The van der Waals surface area contributed by atoms with Crippen LogP contribution in [0.25, 0.3) is 0 Å². The highest BCUT2D eigenvalue weighted by Crippen LogP contribution is 1.74. The van der Waals surface area contributed by atoms with E-state index in [1.807, 2.05) is 0 Å². The monoisotopic (exact) mass is 97.1 g/mol. The minimum Gasteiger partial charge on any atom is -0.248 e. The van der Waals surface area contributed by atoms with Gasteiger partial charge in [0.2, 0.25) is 0 Å². The fraction of sp³-hybridized carbons (Fsp3) is 0.250. The van der Waals surface area contributed by atoms with E-state index >= 15 is 0 Å². The van der Waals surface area contributed by atoms with E-state index in [1.165, 1.54) is 0 Å². The van der Waals surface area contributed by atoms with Gasteiger partial charge in [0, 0.05) is 6.72 Å². The van der Waals surface area contributed by atoms with Gasteiger partial charge in [0.1, 0.15) is 5.84 Å². The van der Waals surface area contributed by atoms with Gasteiger partial charge in [-0.15, -0.1) is 5.10 Å². The first-order chi connectivity index (χ1) is 3.31. The quantitative estimate of drug-likeness (QED) is 0.263. The number of rotatable bonds is 1. The first kappa shape index (κ1) is 6.01. The summed E-state index contributed by atoms with van der Waals surface area (Å²) in [5.74, 6) is 0.537. The summed E-state index contributed by atoms with van der Waals surface area (Å²) in [5.41, 5.74) is 0. The predicted molar refractivity (Wildman–Crippen MR) is 32.2 cm³/mol. The normalized spacial score (nSPS) is 10.7. The van der Waals surface area contributed by atoms with Crippen molar-refractivity contribution >= 4 is 19.3 Å². The molecule has 0 saturated heterocycles. The van der Waals surface area contributed by atoms with Crippen LogP contribution in [-0.4, -0.2) is 19.3 Å². The molecule has 0 heterocycles. The van der Waals surface area contributed by atoms with Crippen molar-refractivity contribution in [2.24, 2.45) is 15.2 Å². The minimum absolute atomic E-state index is 0.537. The summed E-state index contributed by atoms with van der Waals surface area (Å²) in [4.78, 5) is 3.44. The molecule has 0 spiro atoms. The Morgan fingerprint density at radius 3 is 2.14 bits per heavy atom. The molecular weight excluding hydrogens is 90.1 g/mol. The van der Waals surface area contributed by atoms with Crippen molar-refractivity contribution in [1.82, 2.24) is 0 Å². The van der Waals surface area contributed by atoms with Crippen molar-refractivity contribution in [2.75, 3.05) is 0 Å². The van der Waals surface area contributed by atoms with Gasteiger partial charge in [-0.25, -0.2) is 4.99 Å². The molecule has 7 heavy (non-hydrogen) atoms. The molecule has 0 atom stereocenters. The van der Waals surface area contributed by atoms with Crippen LogP contribution in [0.15, 0.2) is 15.2 Å². The maximum Gasteiger partial charge on any atom is 0.146 e. The molecular formula is C4H7N3. The summed E-state index contributed by atoms with van der Waals surface area (Å²) in [5, 5.41) is 6.66. The number of nitrogens with zero attached hydrogens (tertiary/aromatic N) is 3. The third kappa shape index (κ3) is 2.82. The third-order valence-corrected chi connectivity index (χ3v) is 0.444. The predicted octanol–water partition coefficient (Wildman–Crippen LogP) is 0.721. The van der Waals surface area contributed by atoms with E-state index in [1.54, 1.807) is 6.92 Å². The van der Waals surface area contributed by atoms with Crippen LogP contribution in [0.5, 0.6) is 0 Å². The van der Waals surface area contributed by atoms with E-state index in [2.05, 4.69) is 28.6 Å². The fourth-order valence-corrected chi connectivity index (χ4v) is 0.134. The lowest BCUT2D eigenvalue weighted by Crippen LogP contribution is -1.78. The molecule has 0 aromatic rings. The van der Waals surface area contributed by atoms with Gasteiger partial charge < -0.3 is 0 Å². The van der Waals surface area contributed by atoms with E-state index < -0.39 is 0 Å². The van der Waals surface area contributed by atoms with Crippen molar-refractivity contribution in [1.29, 1.82) is 0 Å². The Labute approximate surface area is 42.5 Å². The molecule has 38 valence electrons. The maximum absolute atomic E-state index is 3.44. The van der Waals surface area contributed by atoms with Gasteiger partial charge >= 0.3 is 0 Å². The van der Waals surface area contributed by atoms with E-state index in [-0.39, 0.29) is 0 Å². The van der Waals surface area contributed by atoms with Gasteiger partial charge in [-0.3, -0.25) is 0 Å². The first-order valence-corrected chi connectivity index (χ1v) is 1.78. The zero-order valence-electron chi connectivity index (χ0n) is 4.26. The number of hydrogen-bond acceptors (Lipinski definition) is 2. The Kier molecular flexibility index (Phi) is 2.76. The Bertz CT molecular complexity index is 104. The molecule has 0 N–H and O–H groups in total. The van der Waals surface area contributed by atoms with Crippen molar-refractivity contribution in [3.63, 3.8) is 0 Å². The highest BCUT2D eigenvalue weighted by molar-refractivity contribution is 5.83. The molecule has 0 aromatic heterocycles. The van der Waals surface area contributed by atoms with Gasteiger partial charge in [0.15, 0.2) is 0 Å². The van der Waals surface area contributed by atoms with Gasteiger partial charge in [0.25, 0.3) is 0 Å². The third-order valence-electron chi connectivity index (χ3n) is 0.444. The lowest BCUT2D eigenvalue weighted by Gasteiger charge is -1.78. The molecule has 3 heteroatoms. The van der Waals surface area contributed by atoms with Gasteiger partial charge in [-0.05, 0) is 13.6 Å². The highest BCUT2D eigenvalue weighted by Gasteiger charge is 1.73. The number of aliphatic imine (C=N–C) groups is 1. The molecule has 0 amide bonds. The molecule has 0 saturated carbocycles. The summed E-state index contributed by atoms with van der Waals surface area (Å²) in [6.07, 6.45) is 0. The zero-order chi connectivity index (χ0) is 5.70. The second-order valence-corrected chi connectivity index (χ2v) is 0.947. The van der Waals surface area contributed by atoms with E-state index in [4.69, 9.17) is 0 Å². The van der Waals surface area contributed by atoms with Crippen LogP contribution in [0, 0.1) is 0 Å². The summed E-state index contributed by atoms with van der Waals surface area (Å²) in [7, 11) is 0. The van der Waals surface area contributed by atoms with E-state index in [9.17, 15) is 0 Å². The molecule has 0 rings (SSSR count). The van der Waals surface area contributed by atoms with Crippen molar-refractivity contribution in [3.05, 3.63) is 0 Å². The van der Waals surface area contributed by atoms with Crippen LogP contribution in [0.1, 0.15) is 6.92 Å². The maximum atomic E-state index is 3.44. The smallest absolute Gasteiger partial charge is 0.146 e. The molecule has 0 bridgehead atoms. The van der Waals surface area contributed by atoms with Crippen LogP contribution in [0.3, 0.4) is 0 Å². The van der Waals surface area contributed by atoms with Crippen LogP contribution >= 0.6 is 0 Å². The number of hydrogen-bond donors (Lipinski definition) is 0. The molecule has 0 fully saturated rings. The number of amidine groups is 1. The van der Waals surface area contributed by atoms with Gasteiger partial charge in [0.05, 0.1) is 0 Å². The van der Waals surface area contributed by atoms with Crippen molar-refractivity contribution in [2.45, 2.75) is 6.92 Å². The second kappa shape index (κ2) is 3.21. The second-order valence-electron chi connectivity index (χ2n) is 0.947. The molecule has 0 radical (unpaired) electrons. The molecule has 0 aliphatic carbocycles. The Morgan fingerprint density at radius 2 is 2.00 bits per heavy atom. The van der Waals surface area contributed by atoms with Crippen LogP contribution in [0.4, 0.5) is 0 Å². The van der Waals surface area contributed by atoms with Crippen LogP contribution < -0.4 is 0 Å². The van der Waals surface area contributed by atoms with E-state index in [0.29, 0.717) is 5.84 Å². The van der Waals surface area contributed by atoms with Gasteiger partial charge in [-0.2, -0.15) is 5.10 Å². The standard InChI is InChI=1S/C4H7N3/c1-4(5-2)7-6-3/h2-3H2,1H3/b7-4-. The Morgan fingerprint density at radius 1 is 1.43 bits per heavy atom. The minimum atomic E-state index is 0.537. The van der Waals surface area contributed by atoms with E-state index in [0.717, 1.165) is 0 Å². The summed E-state index contributed by atoms with van der Waals surface area (Å²) in [6, 6.07) is 0. The average Bonchev–Trinajstić information content (AvgIpc) is 1.68. The molecule has 0 aromatic carbocycles. The molecule has 0 unspecified atom stereocenters. The van der Waals surface area contributed by atoms with Gasteiger partial charge in [-0.1, -0.05) is 0 Å². The molecule has 0 aliphatic heterocycles. The largest absolute Gasteiger partial charge is 0.248 e. The van der Waals surface area contributed by atoms with Crippen LogP contribution in [0.2, 0.25) is 0 Å². The highest BCUT2D eigenvalue weighted by atomic mass is 15.2. The topological polar surface area (TPSA) is 37.1 Å². The zero-order valence-corrected chi connectivity index (χ0v) is 4.26. The lowest BCUT2D eigenvalue weighted by molar-refractivity contribution is 1.24. The first-order valence-electron chi connectivity index (χ1n) is 1.78. The van der Waals surface area contributed by atoms with Crippen LogP contribution in [-0.2, 0) is 0 Å². The fourth-order valence-electron chi connectivity index (χ4n) is 0.134. The molecule has 3 nitrogen and oxygen atoms in total. The van der Waals surface area contributed by atoms with Crippen molar-refractivity contribution in [3.8, 4) is 0 Å². The Balaban J connectivity index is 3.72. The summed E-state index contributed by atoms with van der Waals surface area (Å²) >= 11 is 0. The molecule has 0 aliphatic rings. The summed E-state index contributed by atoms with van der Waals surface area (Å²) < 4.78 is 0.